The summed E-state index contributed by atoms with van der Waals surface area (Å²) in [4.78, 5) is 0. The summed E-state index contributed by atoms with van der Waals surface area (Å²) in [6.07, 6.45) is 3.46. The normalized spacial score (nSPS) is 8.20. The van der Waals surface area contributed by atoms with Gasteiger partial charge in [0.15, 0.2) is 0 Å². The van der Waals surface area contributed by atoms with Crippen molar-refractivity contribution in [2.45, 2.75) is 40.0 Å². The summed E-state index contributed by atoms with van der Waals surface area (Å²) in [6, 6.07) is 6.96. The van der Waals surface area contributed by atoms with Crippen molar-refractivity contribution in [1.29, 1.82) is 0 Å². The van der Waals surface area contributed by atoms with E-state index in [2.05, 4.69) is 39.0 Å². The van der Waals surface area contributed by atoms with Gasteiger partial charge < -0.3 is 0 Å². The monoisotopic (exact) mass is 183 g/mol. The first-order valence-corrected chi connectivity index (χ1v) is 4.91. The van der Waals surface area contributed by atoms with Gasteiger partial charge in [-0.15, -0.1) is 0 Å². The van der Waals surface area contributed by atoms with E-state index in [1.54, 1.807) is 0 Å². The minimum Gasteiger partial charge on any atom is -0.0613 e. The Hall–Kier alpha value is 1.01. The fourth-order valence-electron chi connectivity index (χ4n) is 1.45. The Morgan fingerprint density at radius 2 is 0.800 bits per heavy atom. The van der Waals surface area contributed by atoms with Crippen molar-refractivity contribution in [2.75, 3.05) is 0 Å². The van der Waals surface area contributed by atoms with Crippen molar-refractivity contribution in [3.05, 3.63) is 34.9 Å². The fraction of sp³-hybridized carbons (Fsp3) is 0.500. The molecule has 0 unspecified atom stereocenters. The molecule has 0 aromatic heterocycles. The van der Waals surface area contributed by atoms with Gasteiger partial charge in [-0.3, -0.25) is 0 Å². The summed E-state index contributed by atoms with van der Waals surface area (Å²) < 4.78 is 0. The molecule has 0 aliphatic carbocycles. The van der Waals surface area contributed by atoms with Gasteiger partial charge in [0.25, 0.3) is 0 Å². The molecule has 0 spiro atoms. The predicted molar refractivity (Wildman–Crippen MR) is 71.8 cm³/mol. The van der Waals surface area contributed by atoms with Crippen LogP contribution in [0.15, 0.2) is 18.2 Å². The van der Waals surface area contributed by atoms with Gasteiger partial charge in [-0.05, 0) is 36.0 Å². The Morgan fingerprint density at radius 3 is 0.933 bits per heavy atom. The van der Waals surface area contributed by atoms with E-state index >= 15 is 0 Å². The van der Waals surface area contributed by atoms with Gasteiger partial charge in [-0.2, -0.15) is 0 Å². The Morgan fingerprint density at radius 1 is 0.600 bits per heavy atom. The van der Waals surface area contributed by atoms with Crippen molar-refractivity contribution < 1.29 is 0 Å². The number of hydrogen-bond acceptors (Lipinski definition) is 0. The molecule has 0 aliphatic rings. The summed E-state index contributed by atoms with van der Waals surface area (Å²) in [5, 5.41) is 0. The Balaban J connectivity index is -0.000000480. The first-order valence-electron chi connectivity index (χ1n) is 4.91. The SMILES string of the molecule is CCc1cc(CC)cc(CC)c1.[Li].[Li].[Li]. The maximum absolute atomic E-state index is 2.32. The summed E-state index contributed by atoms with van der Waals surface area (Å²) >= 11 is 0. The van der Waals surface area contributed by atoms with E-state index in [4.69, 9.17) is 0 Å². The van der Waals surface area contributed by atoms with Crippen molar-refractivity contribution in [2.24, 2.45) is 0 Å². The van der Waals surface area contributed by atoms with Gasteiger partial charge >= 0.3 is 0 Å². The summed E-state index contributed by atoms with van der Waals surface area (Å²) in [5.41, 5.74) is 4.43. The van der Waals surface area contributed by atoms with Crippen LogP contribution < -0.4 is 0 Å². The van der Waals surface area contributed by atoms with Gasteiger partial charge in [0.2, 0.25) is 0 Å². The largest absolute Gasteiger partial charge is 0.0613 e. The van der Waals surface area contributed by atoms with E-state index < -0.39 is 0 Å². The molecule has 15 heavy (non-hydrogen) atoms. The maximum Gasteiger partial charge on any atom is 0 e. The molecule has 1 rings (SSSR count). The third kappa shape index (κ3) is 7.03. The van der Waals surface area contributed by atoms with Crippen molar-refractivity contribution in [3.63, 3.8) is 0 Å². The molecule has 0 atom stereocenters. The topological polar surface area (TPSA) is 0 Å². The molecule has 3 heteroatoms. The van der Waals surface area contributed by atoms with Gasteiger partial charge in [-0.1, -0.05) is 39.0 Å². The average molecular weight is 183 g/mol. The van der Waals surface area contributed by atoms with Crippen LogP contribution in [-0.4, -0.2) is 56.6 Å². The van der Waals surface area contributed by atoms with Gasteiger partial charge in [0, 0.05) is 56.6 Å². The first-order chi connectivity index (χ1) is 5.80. The van der Waals surface area contributed by atoms with E-state index in [0.717, 1.165) is 19.3 Å². The number of aryl methyl sites for hydroxylation is 3. The number of benzene rings is 1. The molecule has 3 radical (unpaired) electrons. The van der Waals surface area contributed by atoms with E-state index in [0.29, 0.717) is 0 Å². The maximum atomic E-state index is 2.32. The molecule has 0 aliphatic heterocycles. The molecule has 0 fully saturated rings. The van der Waals surface area contributed by atoms with E-state index in [9.17, 15) is 0 Å². The molecule has 0 N–H and O–H groups in total. The second-order valence-corrected chi connectivity index (χ2v) is 3.22. The molecule has 0 nitrogen and oxygen atoms in total. The Labute approximate surface area is 131 Å². The summed E-state index contributed by atoms with van der Waals surface area (Å²) in [6.45, 7) is 6.65. The van der Waals surface area contributed by atoms with Crippen LogP contribution in [-0.2, 0) is 19.3 Å². The first kappa shape index (κ1) is 21.3. The molecule has 69 valence electrons. The molecular weight excluding hydrogens is 165 g/mol. The smallest absolute Gasteiger partial charge is 0 e. The van der Waals surface area contributed by atoms with E-state index in [1.807, 2.05) is 0 Å². The van der Waals surface area contributed by atoms with Crippen LogP contribution in [0, 0.1) is 0 Å². The van der Waals surface area contributed by atoms with Gasteiger partial charge in [-0.25, -0.2) is 0 Å². The van der Waals surface area contributed by atoms with Crippen LogP contribution in [0.3, 0.4) is 0 Å². The standard InChI is InChI=1S/C12H18.3Li/c1-4-10-7-11(5-2)9-12(6-3)8-10;;;/h7-9H,4-6H2,1-3H3;;;. The molecule has 0 saturated carbocycles. The number of hydrogen-bond donors (Lipinski definition) is 0. The van der Waals surface area contributed by atoms with Crippen molar-refractivity contribution in [1.82, 2.24) is 0 Å². The Kier molecular flexibility index (Phi) is 16.3. The van der Waals surface area contributed by atoms with Crippen molar-refractivity contribution >= 4 is 56.6 Å². The van der Waals surface area contributed by atoms with Crippen LogP contribution in [0.25, 0.3) is 0 Å². The second-order valence-electron chi connectivity index (χ2n) is 3.22. The summed E-state index contributed by atoms with van der Waals surface area (Å²) in [7, 11) is 0. The third-order valence-electron chi connectivity index (χ3n) is 2.34. The Bertz CT molecular complexity index is 204. The second kappa shape index (κ2) is 11.5. The van der Waals surface area contributed by atoms with Crippen LogP contribution >= 0.6 is 0 Å². The quantitative estimate of drug-likeness (QED) is 0.630. The zero-order valence-corrected chi connectivity index (χ0v) is 11.4. The molecule has 0 saturated heterocycles. The molecule has 1 aromatic rings. The molecule has 0 bridgehead atoms. The van der Waals surface area contributed by atoms with Crippen molar-refractivity contribution in [3.8, 4) is 0 Å². The zero-order chi connectivity index (χ0) is 8.97. The number of rotatable bonds is 3. The molecular formula is C12H18Li3. The molecule has 0 amide bonds. The van der Waals surface area contributed by atoms with Crippen LogP contribution in [0.4, 0.5) is 0 Å². The van der Waals surface area contributed by atoms with Gasteiger partial charge in [0.05, 0.1) is 0 Å². The molecule has 1 aromatic carbocycles. The third-order valence-corrected chi connectivity index (χ3v) is 2.34. The molecule has 0 heterocycles. The minimum atomic E-state index is 0. The van der Waals surface area contributed by atoms with Crippen LogP contribution in [0.2, 0.25) is 0 Å². The van der Waals surface area contributed by atoms with Crippen LogP contribution in [0.1, 0.15) is 37.5 Å². The minimum absolute atomic E-state index is 0. The summed E-state index contributed by atoms with van der Waals surface area (Å²) in [5.74, 6) is 0. The van der Waals surface area contributed by atoms with Crippen LogP contribution in [0.5, 0.6) is 0 Å². The zero-order valence-electron chi connectivity index (χ0n) is 11.4. The van der Waals surface area contributed by atoms with Gasteiger partial charge in [0.1, 0.15) is 0 Å². The fourth-order valence-corrected chi connectivity index (χ4v) is 1.45. The average Bonchev–Trinajstić information content (AvgIpc) is 2.16. The van der Waals surface area contributed by atoms with E-state index in [1.165, 1.54) is 16.7 Å². The van der Waals surface area contributed by atoms with E-state index in [-0.39, 0.29) is 56.6 Å². The predicted octanol–water partition coefficient (Wildman–Crippen LogP) is 2.23.